The maximum Gasteiger partial charge on any atom is 0.263 e. The standard InChI is InChI=1S/C22H17N5O3/c28-17-12-11-16(20(29)21(17)30)13-23-26-22-24-18(14-7-3-1-4-8-14)19(25-27-22)15-9-5-2-6-10-15/h1-13,28-30H,(H,24,26,27)/b23-13+. The van der Waals surface area contributed by atoms with Crippen LogP contribution < -0.4 is 5.43 Å². The first-order chi connectivity index (χ1) is 14.6. The number of nitrogens with zero attached hydrogens (tertiary/aromatic N) is 4. The molecule has 0 saturated heterocycles. The van der Waals surface area contributed by atoms with E-state index >= 15 is 0 Å². The molecule has 1 heterocycles. The largest absolute Gasteiger partial charge is 0.504 e. The molecule has 148 valence electrons. The topological polar surface area (TPSA) is 124 Å². The minimum atomic E-state index is -0.615. The van der Waals surface area contributed by atoms with Gasteiger partial charge in [0.05, 0.1) is 6.21 Å². The van der Waals surface area contributed by atoms with E-state index in [0.717, 1.165) is 11.1 Å². The molecule has 0 aliphatic carbocycles. The summed E-state index contributed by atoms with van der Waals surface area (Å²) >= 11 is 0. The second-order valence-electron chi connectivity index (χ2n) is 6.31. The van der Waals surface area contributed by atoms with E-state index in [0.29, 0.717) is 11.4 Å². The Morgan fingerprint density at radius 1 is 0.700 bits per heavy atom. The number of aromatic nitrogens is 3. The van der Waals surface area contributed by atoms with Gasteiger partial charge in [0.1, 0.15) is 11.4 Å². The van der Waals surface area contributed by atoms with Crippen LogP contribution >= 0.6 is 0 Å². The van der Waals surface area contributed by atoms with Crippen molar-refractivity contribution < 1.29 is 15.3 Å². The number of nitrogens with one attached hydrogen (secondary N) is 1. The Morgan fingerprint density at radius 2 is 1.33 bits per heavy atom. The normalized spacial score (nSPS) is 10.9. The first-order valence-electron chi connectivity index (χ1n) is 9.02. The van der Waals surface area contributed by atoms with Crippen LogP contribution in [0.5, 0.6) is 17.2 Å². The van der Waals surface area contributed by atoms with E-state index in [1.807, 2.05) is 60.7 Å². The van der Waals surface area contributed by atoms with Crippen LogP contribution in [0.25, 0.3) is 22.5 Å². The quantitative estimate of drug-likeness (QED) is 0.229. The predicted octanol–water partition coefficient (Wildman–Crippen LogP) is 3.77. The van der Waals surface area contributed by atoms with E-state index in [1.54, 1.807) is 0 Å². The molecule has 0 aliphatic rings. The molecule has 0 fully saturated rings. The van der Waals surface area contributed by atoms with Crippen LogP contribution in [-0.4, -0.2) is 36.7 Å². The van der Waals surface area contributed by atoms with Crippen molar-refractivity contribution in [3.05, 3.63) is 78.4 Å². The van der Waals surface area contributed by atoms with Crippen molar-refractivity contribution in [3.8, 4) is 39.8 Å². The molecule has 4 rings (SSSR count). The third-order valence-corrected chi connectivity index (χ3v) is 4.31. The number of hydrazone groups is 1. The van der Waals surface area contributed by atoms with Gasteiger partial charge in [-0.05, 0) is 12.1 Å². The highest BCUT2D eigenvalue weighted by atomic mass is 16.3. The fourth-order valence-electron chi connectivity index (χ4n) is 2.81. The van der Waals surface area contributed by atoms with Crippen LogP contribution in [0, 0.1) is 0 Å². The molecule has 0 aliphatic heterocycles. The van der Waals surface area contributed by atoms with Crippen molar-refractivity contribution in [1.82, 2.24) is 15.2 Å². The summed E-state index contributed by atoms with van der Waals surface area (Å²) in [5, 5.41) is 41.2. The Morgan fingerprint density at radius 3 is 2.00 bits per heavy atom. The molecule has 8 nitrogen and oxygen atoms in total. The zero-order chi connectivity index (χ0) is 20.9. The average molecular weight is 399 g/mol. The lowest BCUT2D eigenvalue weighted by Gasteiger charge is -2.09. The van der Waals surface area contributed by atoms with Crippen molar-refractivity contribution in [2.45, 2.75) is 0 Å². The first-order valence-corrected chi connectivity index (χ1v) is 9.02. The summed E-state index contributed by atoms with van der Waals surface area (Å²) in [4.78, 5) is 4.55. The molecule has 30 heavy (non-hydrogen) atoms. The van der Waals surface area contributed by atoms with Crippen molar-refractivity contribution in [2.75, 3.05) is 5.43 Å². The second-order valence-corrected chi connectivity index (χ2v) is 6.31. The fraction of sp³-hybridized carbons (Fsp3) is 0. The molecule has 3 aromatic carbocycles. The maximum absolute atomic E-state index is 9.86. The highest BCUT2D eigenvalue weighted by Crippen LogP contribution is 2.36. The molecule has 0 radical (unpaired) electrons. The van der Waals surface area contributed by atoms with E-state index in [-0.39, 0.29) is 11.5 Å². The lowest BCUT2D eigenvalue weighted by atomic mass is 10.0. The van der Waals surface area contributed by atoms with Crippen molar-refractivity contribution in [3.63, 3.8) is 0 Å². The molecule has 4 N–H and O–H groups in total. The Balaban J connectivity index is 1.66. The number of hydrogen-bond acceptors (Lipinski definition) is 8. The van der Waals surface area contributed by atoms with Crippen LogP contribution in [0.15, 0.2) is 77.9 Å². The van der Waals surface area contributed by atoms with Gasteiger partial charge in [0.25, 0.3) is 5.95 Å². The smallest absolute Gasteiger partial charge is 0.263 e. The first kappa shape index (κ1) is 18.9. The molecule has 0 unspecified atom stereocenters. The lowest BCUT2D eigenvalue weighted by molar-refractivity contribution is 0.367. The number of phenolic OH excluding ortho intramolecular Hbond substituents is 3. The molecule has 0 amide bonds. The van der Waals surface area contributed by atoms with Crippen LogP contribution in [0.4, 0.5) is 5.95 Å². The molecule has 0 atom stereocenters. The third kappa shape index (κ3) is 3.88. The predicted molar refractivity (Wildman–Crippen MR) is 113 cm³/mol. The van der Waals surface area contributed by atoms with Crippen molar-refractivity contribution in [1.29, 1.82) is 0 Å². The van der Waals surface area contributed by atoms with E-state index < -0.39 is 17.2 Å². The summed E-state index contributed by atoms with van der Waals surface area (Å²) in [7, 11) is 0. The van der Waals surface area contributed by atoms with Gasteiger partial charge < -0.3 is 15.3 Å². The minimum Gasteiger partial charge on any atom is -0.504 e. The highest BCUT2D eigenvalue weighted by molar-refractivity contribution is 5.86. The summed E-state index contributed by atoms with van der Waals surface area (Å²) in [6, 6.07) is 21.9. The van der Waals surface area contributed by atoms with Crippen LogP contribution in [0.3, 0.4) is 0 Å². The number of hydrogen-bond donors (Lipinski definition) is 4. The lowest BCUT2D eigenvalue weighted by Crippen LogP contribution is -2.03. The summed E-state index contributed by atoms with van der Waals surface area (Å²) in [5.74, 6) is -1.36. The minimum absolute atomic E-state index is 0.160. The van der Waals surface area contributed by atoms with E-state index in [9.17, 15) is 15.3 Å². The molecule has 0 saturated carbocycles. The number of aromatic hydroxyl groups is 3. The maximum atomic E-state index is 9.86. The SMILES string of the molecule is Oc1ccc(/C=N/Nc2nnc(-c3ccccc3)c(-c3ccccc3)n2)c(O)c1O. The Labute approximate surface area is 171 Å². The molecule has 0 bridgehead atoms. The van der Waals surface area contributed by atoms with Gasteiger partial charge in [-0.1, -0.05) is 60.7 Å². The number of rotatable bonds is 5. The Bertz CT molecular complexity index is 1200. The second kappa shape index (κ2) is 8.27. The van der Waals surface area contributed by atoms with Crippen LogP contribution in [0.2, 0.25) is 0 Å². The van der Waals surface area contributed by atoms with Gasteiger partial charge in [0, 0.05) is 16.7 Å². The summed E-state index contributed by atoms with van der Waals surface area (Å²) in [5.41, 5.74) is 5.91. The number of phenols is 3. The third-order valence-electron chi connectivity index (χ3n) is 4.31. The van der Waals surface area contributed by atoms with E-state index in [2.05, 4.69) is 25.7 Å². The Hall–Kier alpha value is -4.46. The van der Waals surface area contributed by atoms with E-state index in [1.165, 1.54) is 18.3 Å². The zero-order valence-electron chi connectivity index (χ0n) is 15.6. The highest BCUT2D eigenvalue weighted by Gasteiger charge is 2.13. The van der Waals surface area contributed by atoms with Crippen LogP contribution in [0.1, 0.15) is 5.56 Å². The molecular weight excluding hydrogens is 382 g/mol. The van der Waals surface area contributed by atoms with Gasteiger partial charge in [0.15, 0.2) is 11.5 Å². The van der Waals surface area contributed by atoms with Gasteiger partial charge in [-0.25, -0.2) is 10.4 Å². The van der Waals surface area contributed by atoms with Crippen molar-refractivity contribution >= 4 is 12.2 Å². The van der Waals surface area contributed by atoms with E-state index in [4.69, 9.17) is 0 Å². The van der Waals surface area contributed by atoms with Crippen molar-refractivity contribution in [2.24, 2.45) is 5.10 Å². The van der Waals surface area contributed by atoms with Gasteiger partial charge in [-0.2, -0.15) is 5.10 Å². The van der Waals surface area contributed by atoms with Gasteiger partial charge in [-0.15, -0.1) is 10.2 Å². The number of anilines is 1. The number of benzene rings is 3. The van der Waals surface area contributed by atoms with Gasteiger partial charge >= 0.3 is 0 Å². The molecular formula is C22H17N5O3. The van der Waals surface area contributed by atoms with Gasteiger partial charge in [0.2, 0.25) is 5.75 Å². The molecule has 4 aromatic rings. The summed E-state index contributed by atoms with van der Waals surface area (Å²) in [6.45, 7) is 0. The Kier molecular flexibility index (Phi) is 5.21. The molecule has 8 heteroatoms. The molecule has 1 aromatic heterocycles. The fourth-order valence-corrected chi connectivity index (χ4v) is 2.81. The monoisotopic (exact) mass is 399 g/mol. The summed E-state index contributed by atoms with van der Waals surface area (Å²) < 4.78 is 0. The average Bonchev–Trinajstić information content (AvgIpc) is 2.80. The van der Waals surface area contributed by atoms with Gasteiger partial charge in [-0.3, -0.25) is 0 Å². The summed E-state index contributed by atoms with van der Waals surface area (Å²) in [6.07, 6.45) is 1.27. The van der Waals surface area contributed by atoms with Crippen LogP contribution in [-0.2, 0) is 0 Å². The zero-order valence-corrected chi connectivity index (χ0v) is 15.6. The molecule has 0 spiro atoms.